The Bertz CT molecular complexity index is 2620. The first kappa shape index (κ1) is 31.6. The van der Waals surface area contributed by atoms with Crippen molar-refractivity contribution in [2.75, 3.05) is 16.5 Å². The monoisotopic (exact) mass is 680 g/mol. The lowest BCUT2D eigenvalue weighted by molar-refractivity contribution is 0.483. The SMILES string of the molecule is CCc1ccnc(-n2c3ccccc3c3ccc(Oc4cc(-c5c(C)cccc5C)cc(N5CN(c6cccc(F)c6)c6ccccc65)c4)cc32)c1. The molecule has 0 amide bonds. The second-order valence-electron chi connectivity index (χ2n) is 13.5. The molecule has 0 saturated carbocycles. The van der Waals surface area contributed by atoms with Crippen LogP contribution in [0.5, 0.6) is 11.5 Å². The highest BCUT2D eigenvalue weighted by Crippen LogP contribution is 2.46. The molecule has 0 bridgehead atoms. The summed E-state index contributed by atoms with van der Waals surface area (Å²) < 4.78 is 23.5. The Labute approximate surface area is 302 Å². The number of hydrogen-bond acceptors (Lipinski definition) is 4. The average molecular weight is 681 g/mol. The molecular weight excluding hydrogens is 644 g/mol. The van der Waals surface area contributed by atoms with Crippen molar-refractivity contribution < 1.29 is 9.13 Å². The summed E-state index contributed by atoms with van der Waals surface area (Å²) in [6, 6.07) is 47.0. The number of ether oxygens (including phenoxy) is 1. The van der Waals surface area contributed by atoms with Gasteiger partial charge in [0.25, 0.3) is 0 Å². The minimum Gasteiger partial charge on any atom is -0.457 e. The number of nitrogens with zero attached hydrogens (tertiary/aromatic N) is 4. The molecule has 9 rings (SSSR count). The maximum absolute atomic E-state index is 14.4. The zero-order valence-electron chi connectivity index (χ0n) is 29.3. The van der Waals surface area contributed by atoms with E-state index < -0.39 is 0 Å². The van der Waals surface area contributed by atoms with Crippen LogP contribution in [0.15, 0.2) is 146 Å². The van der Waals surface area contributed by atoms with Crippen molar-refractivity contribution in [1.82, 2.24) is 9.55 Å². The van der Waals surface area contributed by atoms with Crippen molar-refractivity contribution in [3.05, 3.63) is 168 Å². The number of hydrogen-bond donors (Lipinski definition) is 0. The molecule has 0 spiro atoms. The Kier molecular flexibility index (Phi) is 7.73. The zero-order valence-corrected chi connectivity index (χ0v) is 29.3. The van der Waals surface area contributed by atoms with Crippen LogP contribution in [0.25, 0.3) is 38.8 Å². The number of benzene rings is 6. The smallest absolute Gasteiger partial charge is 0.137 e. The Hall–Kier alpha value is -6.40. The van der Waals surface area contributed by atoms with Crippen LogP contribution in [0, 0.1) is 19.7 Å². The lowest BCUT2D eigenvalue weighted by atomic mass is 9.95. The second-order valence-corrected chi connectivity index (χ2v) is 13.5. The summed E-state index contributed by atoms with van der Waals surface area (Å²) >= 11 is 0. The number of anilines is 4. The van der Waals surface area contributed by atoms with Gasteiger partial charge in [-0.1, -0.05) is 61.5 Å². The van der Waals surface area contributed by atoms with Gasteiger partial charge in [0.05, 0.1) is 22.4 Å². The van der Waals surface area contributed by atoms with E-state index in [-0.39, 0.29) is 5.82 Å². The van der Waals surface area contributed by atoms with Crippen molar-refractivity contribution >= 4 is 44.6 Å². The van der Waals surface area contributed by atoms with Crippen molar-refractivity contribution in [2.24, 2.45) is 0 Å². The molecule has 0 atom stereocenters. The standard InChI is InChI=1S/C46H37FN4O/c1-4-32-21-22-48-45(23-32)51-41-16-6-5-15-39(41)40-20-19-37(28-44(40)51)52-38-25-33(46-30(2)11-9-12-31(46)3)24-36(27-38)50-29-49(35-14-10-13-34(47)26-35)42-17-7-8-18-43(42)50/h5-28H,4,29H2,1-3H3. The summed E-state index contributed by atoms with van der Waals surface area (Å²) in [5.74, 6) is 2.09. The molecule has 0 radical (unpaired) electrons. The van der Waals surface area contributed by atoms with Gasteiger partial charge in [0.2, 0.25) is 0 Å². The summed E-state index contributed by atoms with van der Waals surface area (Å²) in [4.78, 5) is 9.23. The van der Waals surface area contributed by atoms with Gasteiger partial charge in [-0.2, -0.15) is 0 Å². The van der Waals surface area contributed by atoms with E-state index in [0.29, 0.717) is 6.67 Å². The Balaban J connectivity index is 1.18. The molecule has 0 N–H and O–H groups in total. The van der Waals surface area contributed by atoms with Crippen LogP contribution < -0.4 is 14.5 Å². The van der Waals surface area contributed by atoms with E-state index in [9.17, 15) is 4.39 Å². The highest BCUT2D eigenvalue weighted by atomic mass is 19.1. The summed E-state index contributed by atoms with van der Waals surface area (Å²) in [6.45, 7) is 6.99. The maximum atomic E-state index is 14.4. The zero-order chi connectivity index (χ0) is 35.3. The van der Waals surface area contributed by atoms with E-state index in [1.54, 1.807) is 12.1 Å². The summed E-state index contributed by atoms with van der Waals surface area (Å²) in [5.41, 5.74) is 11.9. The number of rotatable bonds is 7. The van der Waals surface area contributed by atoms with Gasteiger partial charge in [-0.15, -0.1) is 0 Å². The molecule has 52 heavy (non-hydrogen) atoms. The highest BCUT2D eigenvalue weighted by Gasteiger charge is 2.29. The first-order valence-electron chi connectivity index (χ1n) is 17.7. The molecule has 6 aromatic carbocycles. The van der Waals surface area contributed by atoms with Gasteiger partial charge in [0, 0.05) is 40.5 Å². The first-order valence-corrected chi connectivity index (χ1v) is 17.7. The van der Waals surface area contributed by atoms with E-state index >= 15 is 0 Å². The second kappa shape index (κ2) is 12.7. The fourth-order valence-corrected chi connectivity index (χ4v) is 7.71. The largest absolute Gasteiger partial charge is 0.457 e. The Morgan fingerprint density at radius 2 is 1.37 bits per heavy atom. The van der Waals surface area contributed by atoms with Crippen LogP contribution in [0.4, 0.5) is 27.1 Å². The molecule has 8 aromatic rings. The fourth-order valence-electron chi connectivity index (χ4n) is 7.71. The van der Waals surface area contributed by atoms with Crippen LogP contribution in [-0.4, -0.2) is 16.2 Å². The summed E-state index contributed by atoms with van der Waals surface area (Å²) in [7, 11) is 0. The molecule has 0 aliphatic carbocycles. The van der Waals surface area contributed by atoms with Crippen molar-refractivity contribution in [1.29, 1.82) is 0 Å². The van der Waals surface area contributed by atoms with Crippen LogP contribution in [0.2, 0.25) is 0 Å². The summed E-state index contributed by atoms with van der Waals surface area (Å²) in [6.07, 6.45) is 2.82. The molecule has 1 aliphatic rings. The quantitative estimate of drug-likeness (QED) is 0.168. The van der Waals surface area contributed by atoms with Crippen molar-refractivity contribution in [3.8, 4) is 28.4 Å². The normalized spacial score (nSPS) is 12.5. The number of fused-ring (bicyclic) bond motifs is 4. The minimum atomic E-state index is -0.258. The summed E-state index contributed by atoms with van der Waals surface area (Å²) in [5, 5.41) is 2.31. The molecular formula is C46H37FN4O. The molecule has 6 heteroatoms. The van der Waals surface area contributed by atoms with E-state index in [1.807, 2.05) is 24.4 Å². The third-order valence-electron chi connectivity index (χ3n) is 10.2. The molecule has 2 aromatic heterocycles. The van der Waals surface area contributed by atoms with E-state index in [0.717, 1.165) is 68.5 Å². The van der Waals surface area contributed by atoms with E-state index in [4.69, 9.17) is 9.72 Å². The van der Waals surface area contributed by atoms with Gasteiger partial charge >= 0.3 is 0 Å². The number of aromatic nitrogens is 2. The van der Waals surface area contributed by atoms with Crippen LogP contribution in [-0.2, 0) is 6.42 Å². The molecule has 0 fully saturated rings. The molecule has 0 saturated heterocycles. The Morgan fingerprint density at radius 3 is 2.15 bits per heavy atom. The topological polar surface area (TPSA) is 33.5 Å². The Morgan fingerprint density at radius 1 is 0.635 bits per heavy atom. The molecule has 5 nitrogen and oxygen atoms in total. The van der Waals surface area contributed by atoms with Crippen molar-refractivity contribution in [2.45, 2.75) is 27.2 Å². The van der Waals surface area contributed by atoms with Gasteiger partial charge in [-0.3, -0.25) is 4.57 Å². The third-order valence-corrected chi connectivity index (χ3v) is 10.2. The highest BCUT2D eigenvalue weighted by molar-refractivity contribution is 6.09. The number of halogens is 1. The van der Waals surface area contributed by atoms with Crippen LogP contribution in [0.1, 0.15) is 23.6 Å². The lowest BCUT2D eigenvalue weighted by Gasteiger charge is -2.24. The number of para-hydroxylation sites is 3. The van der Waals surface area contributed by atoms with Gasteiger partial charge in [0.1, 0.15) is 29.8 Å². The predicted molar refractivity (Wildman–Crippen MR) is 211 cm³/mol. The van der Waals surface area contributed by atoms with Crippen molar-refractivity contribution in [3.63, 3.8) is 0 Å². The van der Waals surface area contributed by atoms with E-state index in [2.05, 4.69) is 138 Å². The van der Waals surface area contributed by atoms with Gasteiger partial charge in [-0.25, -0.2) is 9.37 Å². The van der Waals surface area contributed by atoms with Crippen LogP contribution >= 0.6 is 0 Å². The third kappa shape index (κ3) is 5.44. The number of pyridine rings is 1. The first-order chi connectivity index (χ1) is 25.4. The van der Waals surface area contributed by atoms with Crippen LogP contribution in [0.3, 0.4) is 0 Å². The van der Waals surface area contributed by atoms with E-state index in [1.165, 1.54) is 33.7 Å². The van der Waals surface area contributed by atoms with Gasteiger partial charge in [-0.05, 0) is 121 Å². The molecule has 3 heterocycles. The van der Waals surface area contributed by atoms with Gasteiger partial charge < -0.3 is 14.5 Å². The number of aryl methyl sites for hydroxylation is 3. The minimum absolute atomic E-state index is 0.258. The lowest BCUT2D eigenvalue weighted by Crippen LogP contribution is -2.24. The maximum Gasteiger partial charge on any atom is 0.137 e. The molecule has 1 aliphatic heterocycles. The molecule has 254 valence electrons. The fraction of sp³-hybridized carbons (Fsp3) is 0.109. The molecule has 0 unspecified atom stereocenters. The van der Waals surface area contributed by atoms with Gasteiger partial charge in [0.15, 0.2) is 0 Å². The predicted octanol–water partition coefficient (Wildman–Crippen LogP) is 12.2. The average Bonchev–Trinajstić information content (AvgIpc) is 3.71.